The van der Waals surface area contributed by atoms with Crippen LogP contribution in [0.15, 0.2) is 0 Å². The van der Waals surface area contributed by atoms with Gasteiger partial charge in [-0.25, -0.2) is 0 Å². The molecule has 0 unspecified atom stereocenters. The minimum absolute atomic E-state index is 0.558. The van der Waals surface area contributed by atoms with Gasteiger partial charge in [0, 0.05) is 25.8 Å². The Balaban J connectivity index is 1.72. The van der Waals surface area contributed by atoms with Gasteiger partial charge in [-0.1, -0.05) is 12.8 Å². The van der Waals surface area contributed by atoms with Crippen molar-refractivity contribution in [2.24, 2.45) is 11.3 Å². The van der Waals surface area contributed by atoms with E-state index in [0.717, 1.165) is 19.0 Å². The van der Waals surface area contributed by atoms with Crippen LogP contribution in [0.5, 0.6) is 0 Å². The van der Waals surface area contributed by atoms with Crippen LogP contribution in [0.1, 0.15) is 51.4 Å². The summed E-state index contributed by atoms with van der Waals surface area (Å²) in [5, 5.41) is 9.73. The number of hydrogen-bond acceptors (Lipinski definition) is 3. The normalized spacial score (nSPS) is 34.4. The fourth-order valence-corrected chi connectivity index (χ4v) is 4.51. The monoisotopic (exact) mass is 281 g/mol. The molecule has 2 heterocycles. The van der Waals surface area contributed by atoms with E-state index < -0.39 is 11.4 Å². The number of carbonyl (C=O) groups is 1. The zero-order valence-corrected chi connectivity index (χ0v) is 12.4. The van der Waals surface area contributed by atoms with Crippen molar-refractivity contribution in [3.63, 3.8) is 0 Å². The van der Waals surface area contributed by atoms with Gasteiger partial charge >= 0.3 is 5.97 Å². The van der Waals surface area contributed by atoms with Gasteiger partial charge in [-0.3, -0.25) is 9.69 Å². The third-order valence-corrected chi connectivity index (χ3v) is 5.77. The molecule has 1 N–H and O–H groups in total. The van der Waals surface area contributed by atoms with E-state index in [2.05, 4.69) is 4.90 Å². The number of aliphatic carboxylic acids is 1. The Morgan fingerprint density at radius 3 is 2.60 bits per heavy atom. The van der Waals surface area contributed by atoms with Gasteiger partial charge in [-0.2, -0.15) is 0 Å². The molecule has 0 radical (unpaired) electrons. The first-order valence-electron chi connectivity index (χ1n) is 8.26. The minimum atomic E-state index is -0.612. The molecule has 0 aromatic rings. The van der Waals surface area contributed by atoms with Crippen molar-refractivity contribution < 1.29 is 14.6 Å². The number of rotatable bonds is 3. The molecule has 3 rings (SSSR count). The zero-order valence-electron chi connectivity index (χ0n) is 12.4. The summed E-state index contributed by atoms with van der Waals surface area (Å²) < 4.78 is 5.39. The Hall–Kier alpha value is -0.610. The topological polar surface area (TPSA) is 49.8 Å². The van der Waals surface area contributed by atoms with Gasteiger partial charge in [0.25, 0.3) is 0 Å². The van der Waals surface area contributed by atoms with Gasteiger partial charge in [-0.05, 0) is 51.0 Å². The van der Waals surface area contributed by atoms with E-state index in [1.165, 1.54) is 38.5 Å². The fraction of sp³-hybridized carbons (Fsp3) is 0.938. The van der Waals surface area contributed by atoms with Gasteiger partial charge in [-0.15, -0.1) is 0 Å². The Kier molecular flexibility index (Phi) is 4.32. The summed E-state index contributed by atoms with van der Waals surface area (Å²) in [5.74, 6) is 0.210. The molecule has 2 atom stereocenters. The molecular weight excluding hydrogens is 254 g/mol. The average Bonchev–Trinajstić information content (AvgIpc) is 2.48. The van der Waals surface area contributed by atoms with Gasteiger partial charge < -0.3 is 9.84 Å². The highest BCUT2D eigenvalue weighted by Gasteiger charge is 2.44. The Bertz CT molecular complexity index is 350. The van der Waals surface area contributed by atoms with E-state index in [0.29, 0.717) is 32.1 Å². The van der Waals surface area contributed by atoms with E-state index in [1.807, 2.05) is 0 Å². The number of piperidine rings is 1. The summed E-state index contributed by atoms with van der Waals surface area (Å²) in [6.07, 6.45) is 9.26. The highest BCUT2D eigenvalue weighted by molar-refractivity contribution is 5.75. The molecule has 2 saturated heterocycles. The average molecular weight is 281 g/mol. The van der Waals surface area contributed by atoms with Gasteiger partial charge in [0.1, 0.15) is 0 Å². The fourth-order valence-electron chi connectivity index (χ4n) is 4.51. The highest BCUT2D eigenvalue weighted by Crippen LogP contribution is 2.39. The van der Waals surface area contributed by atoms with Crippen LogP contribution in [-0.2, 0) is 9.53 Å². The minimum Gasteiger partial charge on any atom is -0.481 e. The van der Waals surface area contributed by atoms with Crippen molar-refractivity contribution in [2.45, 2.75) is 57.4 Å². The summed E-state index contributed by atoms with van der Waals surface area (Å²) in [5.41, 5.74) is -0.558. The molecule has 1 saturated carbocycles. The molecule has 0 aromatic heterocycles. The first-order chi connectivity index (χ1) is 9.71. The van der Waals surface area contributed by atoms with E-state index in [4.69, 9.17) is 4.74 Å². The number of carboxylic acid groups (broad SMARTS) is 1. The third-order valence-electron chi connectivity index (χ3n) is 5.77. The number of fused-ring (bicyclic) bond motifs is 1. The molecule has 0 amide bonds. The first-order valence-corrected chi connectivity index (χ1v) is 8.26. The summed E-state index contributed by atoms with van der Waals surface area (Å²) in [7, 11) is 0. The van der Waals surface area contributed by atoms with Crippen LogP contribution in [-0.4, -0.2) is 48.3 Å². The van der Waals surface area contributed by atoms with Crippen molar-refractivity contribution in [2.75, 3.05) is 26.3 Å². The van der Waals surface area contributed by atoms with Crippen LogP contribution in [0.25, 0.3) is 0 Å². The lowest BCUT2D eigenvalue weighted by Gasteiger charge is -2.47. The van der Waals surface area contributed by atoms with Crippen LogP contribution >= 0.6 is 0 Å². The van der Waals surface area contributed by atoms with Crippen molar-refractivity contribution in [3.05, 3.63) is 0 Å². The molecule has 114 valence electrons. The quantitative estimate of drug-likeness (QED) is 0.863. The Morgan fingerprint density at radius 2 is 1.85 bits per heavy atom. The lowest BCUT2D eigenvalue weighted by atomic mass is 9.75. The van der Waals surface area contributed by atoms with E-state index in [-0.39, 0.29) is 0 Å². The molecule has 2 aliphatic heterocycles. The molecule has 1 aliphatic carbocycles. The van der Waals surface area contributed by atoms with Gasteiger partial charge in [0.05, 0.1) is 5.41 Å². The SMILES string of the molecule is O=C(O)C1(CN2CCC[C@H]3CCCC[C@H]32)CCOCC1. The largest absolute Gasteiger partial charge is 0.481 e. The summed E-state index contributed by atoms with van der Waals surface area (Å²) in [4.78, 5) is 14.3. The smallest absolute Gasteiger partial charge is 0.311 e. The zero-order chi connectivity index (χ0) is 14.0. The summed E-state index contributed by atoms with van der Waals surface area (Å²) in [6.45, 7) is 3.05. The Labute approximate surface area is 121 Å². The molecule has 4 heteroatoms. The molecule has 0 aromatic carbocycles. The number of likely N-dealkylation sites (tertiary alicyclic amines) is 1. The molecular formula is C16H27NO3. The third kappa shape index (κ3) is 2.73. The van der Waals surface area contributed by atoms with Gasteiger partial charge in [0.15, 0.2) is 0 Å². The second-order valence-electron chi connectivity index (χ2n) is 6.92. The number of ether oxygens (including phenoxy) is 1. The molecule has 0 bridgehead atoms. The first kappa shape index (κ1) is 14.3. The van der Waals surface area contributed by atoms with Crippen molar-refractivity contribution in [3.8, 4) is 0 Å². The van der Waals surface area contributed by atoms with Crippen LogP contribution in [0.4, 0.5) is 0 Å². The predicted molar refractivity (Wildman–Crippen MR) is 76.7 cm³/mol. The maximum Gasteiger partial charge on any atom is 0.311 e. The number of nitrogens with zero attached hydrogens (tertiary/aromatic N) is 1. The maximum atomic E-state index is 11.8. The van der Waals surface area contributed by atoms with Crippen LogP contribution in [0, 0.1) is 11.3 Å². The van der Waals surface area contributed by atoms with E-state index in [1.54, 1.807) is 0 Å². The molecule has 3 fully saturated rings. The van der Waals surface area contributed by atoms with Gasteiger partial charge in [0.2, 0.25) is 0 Å². The van der Waals surface area contributed by atoms with Crippen molar-refractivity contribution in [1.29, 1.82) is 0 Å². The summed E-state index contributed by atoms with van der Waals surface area (Å²) in [6, 6.07) is 0.650. The van der Waals surface area contributed by atoms with E-state index >= 15 is 0 Å². The number of carboxylic acids is 1. The second kappa shape index (κ2) is 6.02. The highest BCUT2D eigenvalue weighted by atomic mass is 16.5. The molecule has 3 aliphatic rings. The number of hydrogen-bond donors (Lipinski definition) is 1. The van der Waals surface area contributed by atoms with Crippen molar-refractivity contribution in [1.82, 2.24) is 4.90 Å². The second-order valence-corrected chi connectivity index (χ2v) is 6.92. The van der Waals surface area contributed by atoms with E-state index in [9.17, 15) is 9.90 Å². The molecule has 0 spiro atoms. The maximum absolute atomic E-state index is 11.8. The van der Waals surface area contributed by atoms with Crippen LogP contribution in [0.3, 0.4) is 0 Å². The Morgan fingerprint density at radius 1 is 1.15 bits per heavy atom. The van der Waals surface area contributed by atoms with Crippen molar-refractivity contribution >= 4 is 5.97 Å². The lowest BCUT2D eigenvalue weighted by molar-refractivity contribution is -0.158. The lowest BCUT2D eigenvalue weighted by Crippen LogP contribution is -2.54. The molecule has 4 nitrogen and oxygen atoms in total. The molecule has 20 heavy (non-hydrogen) atoms. The van der Waals surface area contributed by atoms with Crippen LogP contribution in [0.2, 0.25) is 0 Å². The van der Waals surface area contributed by atoms with Crippen LogP contribution < -0.4 is 0 Å². The summed E-state index contributed by atoms with van der Waals surface area (Å²) >= 11 is 0. The standard InChI is InChI=1S/C16H27NO3/c18-15(19)16(7-10-20-11-8-16)12-17-9-3-5-13-4-1-2-6-14(13)17/h13-14H,1-12H2,(H,18,19)/t13-,14-/m1/s1. The predicted octanol–water partition coefficient (Wildman–Crippen LogP) is 2.52.